The minimum atomic E-state index is -0.0151. The van der Waals surface area contributed by atoms with Crippen LogP contribution in [0.15, 0.2) is 48.5 Å². The van der Waals surface area contributed by atoms with Crippen molar-refractivity contribution in [3.63, 3.8) is 0 Å². The van der Waals surface area contributed by atoms with Gasteiger partial charge < -0.3 is 9.47 Å². The lowest BCUT2D eigenvalue weighted by Gasteiger charge is -2.26. The standard InChI is InChI=1S/C19H24O2/c1-15-5-7-16(8-6-15)19(2,3)17-9-11-18(12-10-17)21-14-13-20-4/h5-12H,13-14H2,1-4H3. The summed E-state index contributed by atoms with van der Waals surface area (Å²) in [5, 5.41) is 0. The van der Waals surface area contributed by atoms with E-state index in [0.29, 0.717) is 13.2 Å². The number of hydrogen-bond donors (Lipinski definition) is 0. The van der Waals surface area contributed by atoms with E-state index in [1.54, 1.807) is 7.11 Å². The van der Waals surface area contributed by atoms with Gasteiger partial charge in [0.15, 0.2) is 0 Å². The van der Waals surface area contributed by atoms with E-state index in [2.05, 4.69) is 57.2 Å². The summed E-state index contributed by atoms with van der Waals surface area (Å²) in [7, 11) is 1.68. The molecule has 2 rings (SSSR count). The first-order chi connectivity index (χ1) is 10.0. The van der Waals surface area contributed by atoms with Gasteiger partial charge in [-0.1, -0.05) is 55.8 Å². The molecule has 0 aliphatic heterocycles. The molecule has 2 aromatic carbocycles. The number of methoxy groups -OCH3 is 1. The highest BCUT2D eigenvalue weighted by atomic mass is 16.5. The molecule has 0 heterocycles. The molecule has 0 saturated carbocycles. The molecular formula is C19H24O2. The smallest absolute Gasteiger partial charge is 0.119 e. The van der Waals surface area contributed by atoms with Crippen molar-refractivity contribution >= 4 is 0 Å². The Bertz CT molecular complexity index is 553. The third-order valence-electron chi connectivity index (χ3n) is 3.91. The van der Waals surface area contributed by atoms with Gasteiger partial charge in [0.2, 0.25) is 0 Å². The largest absolute Gasteiger partial charge is 0.491 e. The van der Waals surface area contributed by atoms with Gasteiger partial charge >= 0.3 is 0 Å². The van der Waals surface area contributed by atoms with E-state index in [9.17, 15) is 0 Å². The molecule has 0 spiro atoms. The summed E-state index contributed by atoms with van der Waals surface area (Å²) in [6.07, 6.45) is 0. The van der Waals surface area contributed by atoms with Gasteiger partial charge in [0, 0.05) is 12.5 Å². The minimum absolute atomic E-state index is 0.0151. The molecule has 0 aliphatic carbocycles. The number of hydrogen-bond acceptors (Lipinski definition) is 2. The van der Waals surface area contributed by atoms with Crippen molar-refractivity contribution in [2.75, 3.05) is 20.3 Å². The molecule has 0 N–H and O–H groups in total. The highest BCUT2D eigenvalue weighted by molar-refractivity contribution is 5.40. The van der Waals surface area contributed by atoms with Crippen molar-refractivity contribution in [2.24, 2.45) is 0 Å². The summed E-state index contributed by atoms with van der Waals surface area (Å²) >= 11 is 0. The van der Waals surface area contributed by atoms with Crippen LogP contribution in [0.1, 0.15) is 30.5 Å². The fourth-order valence-electron chi connectivity index (χ4n) is 2.35. The van der Waals surface area contributed by atoms with Gasteiger partial charge in [0.05, 0.1) is 6.61 Å². The molecule has 0 aromatic heterocycles. The summed E-state index contributed by atoms with van der Waals surface area (Å²) in [5.41, 5.74) is 3.88. The van der Waals surface area contributed by atoms with Crippen molar-refractivity contribution in [1.82, 2.24) is 0 Å². The molecular weight excluding hydrogens is 260 g/mol. The average Bonchev–Trinajstić information content (AvgIpc) is 2.48. The van der Waals surface area contributed by atoms with Crippen LogP contribution < -0.4 is 4.74 Å². The molecule has 2 aromatic rings. The maximum Gasteiger partial charge on any atom is 0.119 e. The van der Waals surface area contributed by atoms with Crippen LogP contribution in [0.25, 0.3) is 0 Å². The lowest BCUT2D eigenvalue weighted by Crippen LogP contribution is -2.18. The quantitative estimate of drug-likeness (QED) is 0.734. The lowest BCUT2D eigenvalue weighted by molar-refractivity contribution is 0.146. The van der Waals surface area contributed by atoms with Gasteiger partial charge in [-0.2, -0.15) is 0 Å². The molecule has 2 heteroatoms. The Morgan fingerprint density at radius 1 is 0.810 bits per heavy atom. The molecule has 112 valence electrons. The van der Waals surface area contributed by atoms with Crippen LogP contribution in [-0.2, 0) is 10.2 Å². The number of aryl methyl sites for hydroxylation is 1. The zero-order valence-electron chi connectivity index (χ0n) is 13.3. The highest BCUT2D eigenvalue weighted by Gasteiger charge is 2.22. The zero-order valence-corrected chi connectivity index (χ0v) is 13.3. The summed E-state index contributed by atoms with van der Waals surface area (Å²) in [5.74, 6) is 0.885. The van der Waals surface area contributed by atoms with Crippen LogP contribution in [0, 0.1) is 6.92 Å². The number of benzene rings is 2. The summed E-state index contributed by atoms with van der Waals surface area (Å²) in [6.45, 7) is 7.80. The van der Waals surface area contributed by atoms with Gasteiger partial charge in [-0.15, -0.1) is 0 Å². The van der Waals surface area contributed by atoms with Crippen LogP contribution in [-0.4, -0.2) is 20.3 Å². The first-order valence-corrected chi connectivity index (χ1v) is 7.33. The second kappa shape index (κ2) is 6.77. The second-order valence-electron chi connectivity index (χ2n) is 5.86. The van der Waals surface area contributed by atoms with Crippen LogP contribution in [0.5, 0.6) is 5.75 Å². The van der Waals surface area contributed by atoms with Crippen molar-refractivity contribution in [3.8, 4) is 5.75 Å². The first-order valence-electron chi connectivity index (χ1n) is 7.33. The third kappa shape index (κ3) is 3.85. The maximum absolute atomic E-state index is 5.61. The van der Waals surface area contributed by atoms with Crippen LogP contribution in [0.4, 0.5) is 0 Å². The zero-order chi connectivity index (χ0) is 15.3. The molecule has 0 amide bonds. The van der Waals surface area contributed by atoms with Crippen molar-refractivity contribution in [2.45, 2.75) is 26.2 Å². The molecule has 0 radical (unpaired) electrons. The topological polar surface area (TPSA) is 18.5 Å². The van der Waals surface area contributed by atoms with Crippen LogP contribution in [0.2, 0.25) is 0 Å². The molecule has 0 aliphatic rings. The molecule has 0 fully saturated rings. The monoisotopic (exact) mass is 284 g/mol. The van der Waals surface area contributed by atoms with Crippen molar-refractivity contribution in [3.05, 3.63) is 65.2 Å². The van der Waals surface area contributed by atoms with Gasteiger partial charge in [-0.3, -0.25) is 0 Å². The van der Waals surface area contributed by atoms with E-state index in [-0.39, 0.29) is 5.41 Å². The van der Waals surface area contributed by atoms with Gasteiger partial charge in [-0.25, -0.2) is 0 Å². The Labute approximate surface area is 127 Å². The predicted molar refractivity (Wildman–Crippen MR) is 87.1 cm³/mol. The minimum Gasteiger partial charge on any atom is -0.491 e. The average molecular weight is 284 g/mol. The maximum atomic E-state index is 5.61. The highest BCUT2D eigenvalue weighted by Crippen LogP contribution is 2.32. The summed E-state index contributed by atoms with van der Waals surface area (Å²) in [4.78, 5) is 0. The normalized spacial score (nSPS) is 11.4. The first kappa shape index (κ1) is 15.6. The van der Waals surface area contributed by atoms with Crippen LogP contribution >= 0.6 is 0 Å². The van der Waals surface area contributed by atoms with E-state index in [4.69, 9.17) is 9.47 Å². The van der Waals surface area contributed by atoms with Gasteiger partial charge in [-0.05, 0) is 30.2 Å². The Morgan fingerprint density at radius 3 is 1.86 bits per heavy atom. The lowest BCUT2D eigenvalue weighted by atomic mass is 9.78. The van der Waals surface area contributed by atoms with Gasteiger partial charge in [0.1, 0.15) is 12.4 Å². The van der Waals surface area contributed by atoms with Gasteiger partial charge in [0.25, 0.3) is 0 Å². The van der Waals surface area contributed by atoms with Crippen molar-refractivity contribution in [1.29, 1.82) is 0 Å². The van der Waals surface area contributed by atoms with E-state index >= 15 is 0 Å². The van der Waals surface area contributed by atoms with E-state index in [1.807, 2.05) is 12.1 Å². The van der Waals surface area contributed by atoms with Crippen LogP contribution in [0.3, 0.4) is 0 Å². The fourth-order valence-corrected chi connectivity index (χ4v) is 2.35. The second-order valence-corrected chi connectivity index (χ2v) is 5.86. The molecule has 0 unspecified atom stereocenters. The molecule has 2 nitrogen and oxygen atoms in total. The molecule has 0 saturated heterocycles. The summed E-state index contributed by atoms with van der Waals surface area (Å²) in [6, 6.07) is 17.1. The molecule has 0 atom stereocenters. The SMILES string of the molecule is COCCOc1ccc(C(C)(C)c2ccc(C)cc2)cc1. The third-order valence-corrected chi connectivity index (χ3v) is 3.91. The van der Waals surface area contributed by atoms with E-state index in [1.165, 1.54) is 16.7 Å². The number of rotatable bonds is 6. The number of ether oxygens (including phenoxy) is 2. The van der Waals surface area contributed by atoms with E-state index in [0.717, 1.165) is 5.75 Å². The van der Waals surface area contributed by atoms with E-state index < -0.39 is 0 Å². The molecule has 0 bridgehead atoms. The predicted octanol–water partition coefficient (Wildman–Crippen LogP) is 4.35. The Kier molecular flexibility index (Phi) is 5.03. The molecule has 21 heavy (non-hydrogen) atoms. The Balaban J connectivity index is 2.14. The summed E-state index contributed by atoms with van der Waals surface area (Å²) < 4.78 is 10.6. The Morgan fingerprint density at radius 2 is 1.33 bits per heavy atom. The Hall–Kier alpha value is -1.80. The fraction of sp³-hybridized carbons (Fsp3) is 0.368. The van der Waals surface area contributed by atoms with Crippen molar-refractivity contribution < 1.29 is 9.47 Å².